The van der Waals surface area contributed by atoms with E-state index in [1.807, 2.05) is 18.3 Å². The van der Waals surface area contributed by atoms with Gasteiger partial charge in [0.15, 0.2) is 0 Å². The summed E-state index contributed by atoms with van der Waals surface area (Å²) in [7, 11) is 2.12. The average Bonchev–Trinajstić information content (AvgIpc) is 3.57. The monoisotopic (exact) mass is 386 g/mol. The molecule has 1 fully saturated rings. The number of rotatable bonds is 6. The lowest BCUT2D eigenvalue weighted by Gasteiger charge is -2.35. The second-order valence-corrected chi connectivity index (χ2v) is 7.86. The molecule has 1 saturated carbocycles. The summed E-state index contributed by atoms with van der Waals surface area (Å²) >= 11 is 0. The Morgan fingerprint density at radius 3 is 2.62 bits per heavy atom. The Hall–Kier alpha value is -3.26. The van der Waals surface area contributed by atoms with E-state index in [9.17, 15) is 0 Å². The number of hydrogen-bond acceptors (Lipinski definition) is 5. The van der Waals surface area contributed by atoms with Gasteiger partial charge in [-0.05, 0) is 69.0 Å². The molecule has 1 aliphatic carbocycles. The second kappa shape index (κ2) is 8.00. The zero-order valence-corrected chi connectivity index (χ0v) is 16.9. The number of ether oxygens (including phenoxy) is 1. The first-order valence-electron chi connectivity index (χ1n) is 10.1. The zero-order valence-electron chi connectivity index (χ0n) is 16.9. The van der Waals surface area contributed by atoms with Crippen molar-refractivity contribution in [1.29, 1.82) is 10.7 Å². The minimum absolute atomic E-state index is 0.477. The van der Waals surface area contributed by atoms with Gasteiger partial charge in [-0.1, -0.05) is 0 Å². The Morgan fingerprint density at radius 2 is 1.97 bits per heavy atom. The van der Waals surface area contributed by atoms with Crippen LogP contribution in [-0.2, 0) is 6.42 Å². The molecule has 0 spiro atoms. The van der Waals surface area contributed by atoms with Crippen molar-refractivity contribution in [3.05, 3.63) is 59.3 Å². The van der Waals surface area contributed by atoms with Gasteiger partial charge in [-0.2, -0.15) is 5.26 Å². The number of allylic oxidation sites excluding steroid dienone is 1. The lowest BCUT2D eigenvalue weighted by atomic mass is 9.92. The molecule has 2 aliphatic rings. The predicted molar refractivity (Wildman–Crippen MR) is 117 cm³/mol. The van der Waals surface area contributed by atoms with E-state index in [1.54, 1.807) is 12.1 Å². The van der Waals surface area contributed by atoms with Gasteiger partial charge in [-0.3, -0.25) is 0 Å². The Kier molecular flexibility index (Phi) is 5.26. The number of nitriles is 1. The summed E-state index contributed by atoms with van der Waals surface area (Å²) in [6.45, 7) is 2.24. The molecule has 0 saturated heterocycles. The minimum atomic E-state index is 0.477. The highest BCUT2D eigenvalue weighted by molar-refractivity contribution is 6.09. The molecule has 0 bridgehead atoms. The van der Waals surface area contributed by atoms with Gasteiger partial charge < -0.3 is 20.4 Å². The molecule has 5 heteroatoms. The number of nitrogens with one attached hydrogen (secondary N) is 2. The lowest BCUT2D eigenvalue weighted by molar-refractivity contribution is 0.467. The first-order valence-corrected chi connectivity index (χ1v) is 10.1. The van der Waals surface area contributed by atoms with Crippen LogP contribution >= 0.6 is 0 Å². The fraction of sp³-hybridized carbons (Fsp3) is 0.333. The van der Waals surface area contributed by atoms with Crippen LogP contribution in [0.2, 0.25) is 0 Å². The van der Waals surface area contributed by atoms with Crippen molar-refractivity contribution >= 4 is 17.5 Å². The molecule has 0 aromatic heterocycles. The lowest BCUT2D eigenvalue weighted by Crippen LogP contribution is -2.33. The molecule has 0 amide bonds. The summed E-state index contributed by atoms with van der Waals surface area (Å²) in [6.07, 6.45) is 7.68. The molecular weight excluding hydrogens is 360 g/mol. The number of fused-ring (bicyclic) bond motifs is 1. The largest absolute Gasteiger partial charge is 0.456 e. The summed E-state index contributed by atoms with van der Waals surface area (Å²) in [4.78, 5) is 2.30. The van der Waals surface area contributed by atoms with Gasteiger partial charge in [-0.25, -0.2) is 0 Å². The number of anilines is 1. The third-order valence-electron chi connectivity index (χ3n) is 5.81. The highest BCUT2D eigenvalue weighted by Crippen LogP contribution is 2.42. The molecule has 4 rings (SSSR count). The molecule has 5 nitrogen and oxygen atoms in total. The van der Waals surface area contributed by atoms with Gasteiger partial charge >= 0.3 is 0 Å². The zero-order chi connectivity index (χ0) is 20.4. The first-order chi connectivity index (χ1) is 14.1. The second-order valence-electron chi connectivity index (χ2n) is 7.86. The standard InChI is InChI=1S/C24H26N4O/c1-16-3-10-22-23(28(16)2)12-11-21(18(14-26)15-27-19-6-7-19)24(22)29-20-8-4-17(13-25)5-9-20/h4-5,8-9,11-12,14-16,19,26-27H,3,6-7,10H2,1-2H3/b18-15+,26-14?. The van der Waals surface area contributed by atoms with Crippen molar-refractivity contribution in [2.75, 3.05) is 11.9 Å². The molecular formula is C24H26N4O. The highest BCUT2D eigenvalue weighted by Gasteiger charge is 2.26. The van der Waals surface area contributed by atoms with Crippen LogP contribution in [0, 0.1) is 16.7 Å². The van der Waals surface area contributed by atoms with Crippen molar-refractivity contribution in [3.8, 4) is 17.6 Å². The van der Waals surface area contributed by atoms with Gasteiger partial charge in [-0.15, -0.1) is 0 Å². The van der Waals surface area contributed by atoms with Gasteiger partial charge in [0.25, 0.3) is 0 Å². The summed E-state index contributed by atoms with van der Waals surface area (Å²) < 4.78 is 6.39. The molecule has 1 unspecified atom stereocenters. The van der Waals surface area contributed by atoms with Crippen LogP contribution in [0.3, 0.4) is 0 Å². The Morgan fingerprint density at radius 1 is 1.21 bits per heavy atom. The van der Waals surface area contributed by atoms with Crippen molar-refractivity contribution in [1.82, 2.24) is 5.32 Å². The maximum atomic E-state index is 9.05. The van der Waals surface area contributed by atoms with E-state index in [-0.39, 0.29) is 0 Å². The number of benzene rings is 2. The van der Waals surface area contributed by atoms with Gasteiger partial charge in [0.1, 0.15) is 11.5 Å². The highest BCUT2D eigenvalue weighted by atomic mass is 16.5. The molecule has 1 atom stereocenters. The summed E-state index contributed by atoms with van der Waals surface area (Å²) in [5.41, 5.74) is 4.68. The maximum absolute atomic E-state index is 9.05. The van der Waals surface area contributed by atoms with Crippen LogP contribution in [0.15, 0.2) is 42.6 Å². The topological polar surface area (TPSA) is 72.1 Å². The smallest absolute Gasteiger partial charge is 0.140 e. The molecule has 0 radical (unpaired) electrons. The normalized spacial score (nSPS) is 18.6. The first kappa shape index (κ1) is 19.1. The summed E-state index contributed by atoms with van der Waals surface area (Å²) in [5.74, 6) is 1.50. The van der Waals surface area contributed by atoms with E-state index in [1.165, 1.54) is 30.3 Å². The van der Waals surface area contributed by atoms with Gasteiger partial charge in [0.05, 0.1) is 11.6 Å². The van der Waals surface area contributed by atoms with Gasteiger partial charge in [0, 0.05) is 53.9 Å². The summed E-state index contributed by atoms with van der Waals surface area (Å²) in [5, 5.41) is 20.4. The predicted octanol–water partition coefficient (Wildman–Crippen LogP) is 4.86. The Balaban J connectivity index is 1.78. The number of hydrogen-bond donors (Lipinski definition) is 2. The van der Waals surface area contributed by atoms with Crippen LogP contribution in [0.25, 0.3) is 5.57 Å². The van der Waals surface area contributed by atoms with E-state index in [0.29, 0.717) is 23.4 Å². The molecule has 2 aromatic rings. The van der Waals surface area contributed by atoms with E-state index >= 15 is 0 Å². The van der Waals surface area contributed by atoms with Crippen molar-refractivity contribution in [2.45, 2.75) is 44.7 Å². The third-order valence-corrected chi connectivity index (χ3v) is 5.81. The molecule has 148 valence electrons. The van der Waals surface area contributed by atoms with Crippen LogP contribution in [0.1, 0.15) is 42.9 Å². The fourth-order valence-corrected chi connectivity index (χ4v) is 3.69. The molecule has 29 heavy (non-hydrogen) atoms. The van der Waals surface area contributed by atoms with Crippen molar-refractivity contribution < 1.29 is 4.74 Å². The van der Waals surface area contributed by atoms with Crippen LogP contribution in [0.4, 0.5) is 5.69 Å². The third kappa shape index (κ3) is 3.97. The van der Waals surface area contributed by atoms with Crippen LogP contribution in [-0.4, -0.2) is 25.3 Å². The van der Waals surface area contributed by atoms with Crippen molar-refractivity contribution in [3.63, 3.8) is 0 Å². The van der Waals surface area contributed by atoms with E-state index in [2.05, 4.69) is 42.4 Å². The van der Waals surface area contributed by atoms with Gasteiger partial charge in [0.2, 0.25) is 0 Å². The Labute approximate surface area is 172 Å². The quantitative estimate of drug-likeness (QED) is 0.695. The van der Waals surface area contributed by atoms with Crippen molar-refractivity contribution in [2.24, 2.45) is 0 Å². The molecule has 1 aliphatic heterocycles. The average molecular weight is 386 g/mol. The number of nitrogens with zero attached hydrogens (tertiary/aromatic N) is 2. The minimum Gasteiger partial charge on any atom is -0.456 e. The van der Waals surface area contributed by atoms with E-state index in [0.717, 1.165) is 29.7 Å². The maximum Gasteiger partial charge on any atom is 0.140 e. The molecule has 2 aromatic carbocycles. The van der Waals surface area contributed by atoms with Crippen LogP contribution < -0.4 is 15.0 Å². The molecule has 2 N–H and O–H groups in total. The summed E-state index contributed by atoms with van der Waals surface area (Å²) in [6, 6.07) is 14.5. The fourth-order valence-electron chi connectivity index (χ4n) is 3.69. The van der Waals surface area contributed by atoms with Crippen LogP contribution in [0.5, 0.6) is 11.5 Å². The Bertz CT molecular complexity index is 983. The molecule has 1 heterocycles. The van der Waals surface area contributed by atoms with E-state index < -0.39 is 0 Å². The SMILES string of the molecule is CC1CCc2c(ccc(/C(C=N)=C/NC3CC3)c2Oc2ccc(C#N)cc2)N1C. The van der Waals surface area contributed by atoms with E-state index in [4.69, 9.17) is 15.4 Å².